The standard InChI is InChI=1S/C24H23N3O/c1-2-27-21-16-10-9-15-20(21)26-22(27)17-25-24(28)23(18-11-5-3-6-12-18)19-13-7-4-8-14-19/h3-16,23H,2,17H2,1H3,(H,25,28). The molecule has 4 rings (SSSR count). The molecule has 0 saturated carbocycles. The highest BCUT2D eigenvalue weighted by atomic mass is 16.1. The summed E-state index contributed by atoms with van der Waals surface area (Å²) in [6.45, 7) is 3.31. The number of hydrogen-bond acceptors (Lipinski definition) is 2. The molecule has 1 amide bonds. The van der Waals surface area contributed by atoms with E-state index in [1.165, 1.54) is 0 Å². The van der Waals surface area contributed by atoms with Gasteiger partial charge < -0.3 is 9.88 Å². The largest absolute Gasteiger partial charge is 0.348 e. The van der Waals surface area contributed by atoms with Gasteiger partial charge in [0.2, 0.25) is 5.91 Å². The highest BCUT2D eigenvalue weighted by molar-refractivity contribution is 5.87. The van der Waals surface area contributed by atoms with Gasteiger partial charge in [-0.15, -0.1) is 0 Å². The molecule has 140 valence electrons. The minimum absolute atomic E-state index is 0.0212. The van der Waals surface area contributed by atoms with Crippen molar-refractivity contribution in [1.29, 1.82) is 0 Å². The zero-order valence-electron chi connectivity index (χ0n) is 15.9. The van der Waals surface area contributed by atoms with E-state index >= 15 is 0 Å². The van der Waals surface area contributed by atoms with Crippen molar-refractivity contribution in [2.24, 2.45) is 0 Å². The molecular weight excluding hydrogens is 346 g/mol. The molecule has 1 aromatic heterocycles. The topological polar surface area (TPSA) is 46.9 Å². The molecule has 0 atom stereocenters. The van der Waals surface area contributed by atoms with Crippen molar-refractivity contribution < 1.29 is 4.79 Å². The molecule has 1 N–H and O–H groups in total. The van der Waals surface area contributed by atoms with E-state index in [9.17, 15) is 4.79 Å². The summed E-state index contributed by atoms with van der Waals surface area (Å²) >= 11 is 0. The summed E-state index contributed by atoms with van der Waals surface area (Å²) in [7, 11) is 0. The van der Waals surface area contributed by atoms with Gasteiger partial charge in [-0.1, -0.05) is 72.8 Å². The average molecular weight is 369 g/mol. The second-order valence-corrected chi connectivity index (χ2v) is 6.73. The molecule has 4 nitrogen and oxygen atoms in total. The van der Waals surface area contributed by atoms with Gasteiger partial charge in [-0.3, -0.25) is 4.79 Å². The van der Waals surface area contributed by atoms with E-state index in [0.29, 0.717) is 6.54 Å². The highest BCUT2D eigenvalue weighted by Gasteiger charge is 2.23. The van der Waals surface area contributed by atoms with E-state index in [-0.39, 0.29) is 11.8 Å². The Balaban J connectivity index is 1.61. The molecule has 4 heteroatoms. The van der Waals surface area contributed by atoms with Gasteiger partial charge in [0.25, 0.3) is 0 Å². The van der Waals surface area contributed by atoms with E-state index in [1.54, 1.807) is 0 Å². The number of amides is 1. The normalized spacial score (nSPS) is 11.1. The average Bonchev–Trinajstić information content (AvgIpc) is 3.11. The van der Waals surface area contributed by atoms with Crippen molar-refractivity contribution in [2.45, 2.75) is 25.9 Å². The second kappa shape index (κ2) is 8.09. The minimum Gasteiger partial charge on any atom is -0.348 e. The monoisotopic (exact) mass is 369 g/mol. The Hall–Kier alpha value is -3.40. The van der Waals surface area contributed by atoms with Crippen LogP contribution in [-0.2, 0) is 17.9 Å². The zero-order chi connectivity index (χ0) is 19.3. The van der Waals surface area contributed by atoms with E-state index in [1.807, 2.05) is 78.9 Å². The summed E-state index contributed by atoms with van der Waals surface area (Å²) in [4.78, 5) is 17.9. The molecule has 0 radical (unpaired) electrons. The summed E-state index contributed by atoms with van der Waals surface area (Å²) in [6.07, 6.45) is 0. The maximum atomic E-state index is 13.2. The van der Waals surface area contributed by atoms with Crippen LogP contribution in [0.25, 0.3) is 11.0 Å². The SMILES string of the molecule is CCn1c(CNC(=O)C(c2ccccc2)c2ccccc2)nc2ccccc21. The van der Waals surface area contributed by atoms with Crippen LogP contribution in [0.2, 0.25) is 0 Å². The fourth-order valence-corrected chi connectivity index (χ4v) is 3.67. The van der Waals surface area contributed by atoms with Crippen LogP contribution in [0, 0.1) is 0 Å². The molecule has 0 unspecified atom stereocenters. The number of aromatic nitrogens is 2. The fourth-order valence-electron chi connectivity index (χ4n) is 3.67. The highest BCUT2D eigenvalue weighted by Crippen LogP contribution is 2.25. The van der Waals surface area contributed by atoms with Gasteiger partial charge in [-0.05, 0) is 30.2 Å². The molecule has 0 fully saturated rings. The lowest BCUT2D eigenvalue weighted by atomic mass is 9.90. The molecule has 1 heterocycles. The second-order valence-electron chi connectivity index (χ2n) is 6.73. The Bertz CT molecular complexity index is 1030. The molecule has 0 aliphatic carbocycles. The van der Waals surface area contributed by atoms with E-state index in [4.69, 9.17) is 4.98 Å². The Morgan fingerprint density at radius 1 is 0.893 bits per heavy atom. The Morgan fingerprint density at radius 3 is 2.07 bits per heavy atom. The number of aryl methyl sites for hydroxylation is 1. The number of imidazole rings is 1. The van der Waals surface area contributed by atoms with E-state index < -0.39 is 0 Å². The Kier molecular flexibility index (Phi) is 5.20. The van der Waals surface area contributed by atoms with E-state index in [0.717, 1.165) is 34.5 Å². The van der Waals surface area contributed by atoms with Crippen LogP contribution in [-0.4, -0.2) is 15.5 Å². The van der Waals surface area contributed by atoms with Crippen molar-refractivity contribution in [1.82, 2.24) is 14.9 Å². The third-order valence-corrected chi connectivity index (χ3v) is 5.00. The number of hydrogen-bond donors (Lipinski definition) is 1. The van der Waals surface area contributed by atoms with Crippen molar-refractivity contribution in [3.63, 3.8) is 0 Å². The predicted molar refractivity (Wildman–Crippen MR) is 112 cm³/mol. The van der Waals surface area contributed by atoms with Crippen molar-refractivity contribution in [3.8, 4) is 0 Å². The van der Waals surface area contributed by atoms with Crippen LogP contribution in [0.15, 0.2) is 84.9 Å². The fraction of sp³-hybridized carbons (Fsp3) is 0.167. The van der Waals surface area contributed by atoms with Crippen LogP contribution in [0.5, 0.6) is 0 Å². The number of nitrogens with zero attached hydrogens (tertiary/aromatic N) is 2. The Labute approximate surface area is 164 Å². The lowest BCUT2D eigenvalue weighted by Crippen LogP contribution is -2.30. The van der Waals surface area contributed by atoms with Crippen molar-refractivity contribution in [3.05, 3.63) is 102 Å². The first kappa shape index (κ1) is 18.0. The van der Waals surface area contributed by atoms with Crippen LogP contribution in [0.3, 0.4) is 0 Å². The van der Waals surface area contributed by atoms with Crippen LogP contribution < -0.4 is 5.32 Å². The lowest BCUT2D eigenvalue weighted by Gasteiger charge is -2.18. The minimum atomic E-state index is -0.346. The van der Waals surface area contributed by atoms with Gasteiger partial charge >= 0.3 is 0 Å². The quantitative estimate of drug-likeness (QED) is 0.544. The molecule has 0 saturated heterocycles. The van der Waals surface area contributed by atoms with Crippen LogP contribution >= 0.6 is 0 Å². The number of fused-ring (bicyclic) bond motifs is 1. The molecule has 4 aromatic rings. The van der Waals surface area contributed by atoms with Crippen LogP contribution in [0.4, 0.5) is 0 Å². The molecule has 0 aliphatic rings. The molecule has 0 spiro atoms. The lowest BCUT2D eigenvalue weighted by molar-refractivity contribution is -0.121. The summed E-state index contributed by atoms with van der Waals surface area (Å²) in [5.41, 5.74) is 4.01. The first-order valence-corrected chi connectivity index (χ1v) is 9.59. The summed E-state index contributed by atoms with van der Waals surface area (Å²) < 4.78 is 2.15. The van der Waals surface area contributed by atoms with Gasteiger partial charge in [-0.25, -0.2) is 4.98 Å². The van der Waals surface area contributed by atoms with Gasteiger partial charge in [-0.2, -0.15) is 0 Å². The first-order valence-electron chi connectivity index (χ1n) is 9.59. The van der Waals surface area contributed by atoms with Gasteiger partial charge in [0.1, 0.15) is 5.82 Å². The van der Waals surface area contributed by atoms with Gasteiger partial charge in [0.05, 0.1) is 23.5 Å². The smallest absolute Gasteiger partial charge is 0.232 e. The summed E-state index contributed by atoms with van der Waals surface area (Å²) in [6, 6.07) is 27.9. The van der Waals surface area contributed by atoms with Crippen LogP contribution in [0.1, 0.15) is 29.8 Å². The summed E-state index contributed by atoms with van der Waals surface area (Å²) in [5, 5.41) is 3.11. The summed E-state index contributed by atoms with van der Waals surface area (Å²) in [5.74, 6) is 0.505. The number of carbonyl (C=O) groups is 1. The third kappa shape index (κ3) is 3.54. The number of benzene rings is 3. The van der Waals surface area contributed by atoms with Gasteiger partial charge in [0.15, 0.2) is 0 Å². The molecule has 0 bridgehead atoms. The molecule has 3 aromatic carbocycles. The number of para-hydroxylation sites is 2. The number of carbonyl (C=O) groups excluding carboxylic acids is 1. The van der Waals surface area contributed by atoms with Crippen molar-refractivity contribution >= 4 is 16.9 Å². The Morgan fingerprint density at radius 2 is 1.46 bits per heavy atom. The number of rotatable bonds is 6. The van der Waals surface area contributed by atoms with E-state index in [2.05, 4.69) is 22.9 Å². The number of nitrogens with one attached hydrogen (secondary N) is 1. The third-order valence-electron chi connectivity index (χ3n) is 5.00. The predicted octanol–water partition coefficient (Wildman–Crippen LogP) is 4.50. The van der Waals surface area contributed by atoms with Gasteiger partial charge in [0, 0.05) is 6.54 Å². The van der Waals surface area contributed by atoms with Crippen molar-refractivity contribution in [2.75, 3.05) is 0 Å². The molecule has 0 aliphatic heterocycles. The molecule has 28 heavy (non-hydrogen) atoms. The zero-order valence-corrected chi connectivity index (χ0v) is 15.9. The maximum Gasteiger partial charge on any atom is 0.232 e. The first-order chi connectivity index (χ1) is 13.8. The molecular formula is C24H23N3O. The maximum absolute atomic E-state index is 13.2.